The van der Waals surface area contributed by atoms with Gasteiger partial charge < -0.3 is 5.32 Å². The maximum absolute atomic E-state index is 13.4. The molecule has 0 bridgehead atoms. The largest absolute Gasteiger partial charge is 0.314 e. The van der Waals surface area contributed by atoms with E-state index in [1.165, 1.54) is 17.5 Å². The van der Waals surface area contributed by atoms with Crippen LogP contribution in [0.5, 0.6) is 0 Å². The first kappa shape index (κ1) is 10.2. The summed E-state index contributed by atoms with van der Waals surface area (Å²) in [5, 5.41) is 5.62. The predicted octanol–water partition coefficient (Wildman–Crippen LogP) is 2.06. The van der Waals surface area contributed by atoms with E-state index in [-0.39, 0.29) is 5.82 Å². The minimum Gasteiger partial charge on any atom is -0.314 e. The van der Waals surface area contributed by atoms with E-state index >= 15 is 0 Å². The molecule has 0 spiro atoms. The monoisotopic (exact) mass is 223 g/mol. The third kappa shape index (κ3) is 2.19. The van der Waals surface area contributed by atoms with Crippen molar-refractivity contribution in [2.75, 3.05) is 7.05 Å². The van der Waals surface area contributed by atoms with Gasteiger partial charge in [-0.1, -0.05) is 0 Å². The van der Waals surface area contributed by atoms with E-state index in [0.29, 0.717) is 17.1 Å². The van der Waals surface area contributed by atoms with Gasteiger partial charge >= 0.3 is 0 Å². The molecule has 0 unspecified atom stereocenters. The van der Waals surface area contributed by atoms with Gasteiger partial charge in [-0.2, -0.15) is 0 Å². The number of aromatic nitrogens is 2. The first-order valence-corrected chi connectivity index (χ1v) is 5.38. The van der Waals surface area contributed by atoms with E-state index in [1.54, 1.807) is 12.3 Å². The van der Waals surface area contributed by atoms with E-state index < -0.39 is 0 Å². The maximum Gasteiger partial charge on any atom is 0.151 e. The van der Waals surface area contributed by atoms with Crippen molar-refractivity contribution in [2.45, 2.75) is 6.54 Å². The number of halogens is 1. The molecule has 3 nitrogen and oxygen atoms in total. The van der Waals surface area contributed by atoms with E-state index in [4.69, 9.17) is 0 Å². The van der Waals surface area contributed by atoms with Crippen molar-refractivity contribution < 1.29 is 4.39 Å². The van der Waals surface area contributed by atoms with Crippen molar-refractivity contribution in [3.8, 4) is 10.6 Å². The number of nitrogens with one attached hydrogen (secondary N) is 1. The first-order chi connectivity index (χ1) is 7.31. The van der Waals surface area contributed by atoms with E-state index in [9.17, 15) is 4.39 Å². The second-order valence-corrected chi connectivity index (χ2v) is 3.89. The van der Waals surface area contributed by atoms with Crippen LogP contribution in [0.25, 0.3) is 10.6 Å². The van der Waals surface area contributed by atoms with Gasteiger partial charge in [-0.25, -0.2) is 9.37 Å². The van der Waals surface area contributed by atoms with Crippen molar-refractivity contribution in [3.63, 3.8) is 0 Å². The summed E-state index contributed by atoms with van der Waals surface area (Å²) in [5.41, 5.74) is 1.44. The molecule has 5 heteroatoms. The number of hydrogen-bond donors (Lipinski definition) is 1. The molecule has 78 valence electrons. The van der Waals surface area contributed by atoms with Gasteiger partial charge in [0.2, 0.25) is 0 Å². The van der Waals surface area contributed by atoms with Crippen molar-refractivity contribution in [1.82, 2.24) is 15.3 Å². The van der Waals surface area contributed by atoms with Gasteiger partial charge in [-0.05, 0) is 13.1 Å². The number of nitrogens with zero attached hydrogens (tertiary/aromatic N) is 2. The van der Waals surface area contributed by atoms with Crippen LogP contribution in [0.1, 0.15) is 5.69 Å². The number of rotatable bonds is 3. The summed E-state index contributed by atoms with van der Waals surface area (Å²) in [6.07, 6.45) is 2.77. The van der Waals surface area contributed by atoms with Crippen LogP contribution in [-0.2, 0) is 6.54 Å². The lowest BCUT2D eigenvalue weighted by atomic mass is 10.3. The Hall–Kier alpha value is -1.33. The normalized spacial score (nSPS) is 10.5. The molecule has 2 aromatic heterocycles. The third-order valence-corrected chi connectivity index (χ3v) is 2.84. The molecule has 0 amide bonds. The molecule has 0 saturated carbocycles. The van der Waals surface area contributed by atoms with Crippen LogP contribution in [-0.4, -0.2) is 17.0 Å². The lowest BCUT2D eigenvalue weighted by molar-refractivity contribution is 0.624. The highest BCUT2D eigenvalue weighted by Crippen LogP contribution is 2.25. The van der Waals surface area contributed by atoms with Gasteiger partial charge in [0.25, 0.3) is 0 Å². The zero-order valence-corrected chi connectivity index (χ0v) is 9.01. The highest BCUT2D eigenvalue weighted by Gasteiger charge is 2.08. The molecule has 0 fully saturated rings. The molecule has 15 heavy (non-hydrogen) atoms. The van der Waals surface area contributed by atoms with Crippen LogP contribution in [0, 0.1) is 5.82 Å². The van der Waals surface area contributed by atoms with Gasteiger partial charge in [0, 0.05) is 23.7 Å². The van der Waals surface area contributed by atoms with Crippen LogP contribution >= 0.6 is 11.3 Å². The van der Waals surface area contributed by atoms with Crippen LogP contribution in [0.3, 0.4) is 0 Å². The summed E-state index contributed by atoms with van der Waals surface area (Å²) in [6.45, 7) is 0.698. The summed E-state index contributed by atoms with van der Waals surface area (Å²) >= 11 is 1.44. The van der Waals surface area contributed by atoms with Crippen LogP contribution < -0.4 is 5.32 Å². The van der Waals surface area contributed by atoms with Crippen molar-refractivity contribution in [1.29, 1.82) is 0 Å². The molecule has 0 radical (unpaired) electrons. The quantitative estimate of drug-likeness (QED) is 0.865. The molecule has 0 aliphatic heterocycles. The van der Waals surface area contributed by atoms with Gasteiger partial charge in [0.1, 0.15) is 5.01 Å². The smallest absolute Gasteiger partial charge is 0.151 e. The molecule has 1 N–H and O–H groups in total. The first-order valence-electron chi connectivity index (χ1n) is 4.50. The second kappa shape index (κ2) is 4.46. The maximum atomic E-state index is 13.4. The van der Waals surface area contributed by atoms with Crippen molar-refractivity contribution in [3.05, 3.63) is 35.4 Å². The average molecular weight is 223 g/mol. The summed E-state index contributed by atoms with van der Waals surface area (Å²) in [4.78, 5) is 8.02. The Balaban J connectivity index is 2.33. The molecule has 2 aromatic rings. The molecular weight excluding hydrogens is 213 g/mol. The zero-order chi connectivity index (χ0) is 10.7. The fourth-order valence-corrected chi connectivity index (χ4v) is 2.09. The van der Waals surface area contributed by atoms with Gasteiger partial charge in [-0.3, -0.25) is 4.98 Å². The number of thiazole rings is 1. The van der Waals surface area contributed by atoms with Crippen molar-refractivity contribution in [2.24, 2.45) is 0 Å². The van der Waals surface area contributed by atoms with Crippen LogP contribution in [0.4, 0.5) is 4.39 Å². The highest BCUT2D eigenvalue weighted by atomic mass is 32.1. The topological polar surface area (TPSA) is 37.8 Å². The molecule has 2 rings (SSSR count). The lowest BCUT2D eigenvalue weighted by Crippen LogP contribution is -2.04. The molecule has 0 aromatic carbocycles. The highest BCUT2D eigenvalue weighted by molar-refractivity contribution is 7.13. The Morgan fingerprint density at radius 3 is 3.13 bits per heavy atom. The summed E-state index contributed by atoms with van der Waals surface area (Å²) in [7, 11) is 1.85. The Kier molecular flexibility index (Phi) is 3.03. The fourth-order valence-electron chi connectivity index (χ4n) is 1.24. The Morgan fingerprint density at radius 2 is 2.40 bits per heavy atom. The molecule has 0 aliphatic rings. The van der Waals surface area contributed by atoms with Gasteiger partial charge in [0.05, 0.1) is 11.9 Å². The predicted molar refractivity (Wildman–Crippen MR) is 58.1 cm³/mol. The lowest BCUT2D eigenvalue weighted by Gasteiger charge is -1.96. The van der Waals surface area contributed by atoms with E-state index in [0.717, 1.165) is 5.69 Å². The van der Waals surface area contributed by atoms with E-state index in [1.807, 2.05) is 12.4 Å². The fraction of sp³-hybridized carbons (Fsp3) is 0.200. The number of hydrogen-bond acceptors (Lipinski definition) is 4. The Bertz CT molecular complexity index is 455. The number of pyridine rings is 1. The van der Waals surface area contributed by atoms with Gasteiger partial charge in [0.15, 0.2) is 5.82 Å². The summed E-state index contributed by atoms with van der Waals surface area (Å²) < 4.78 is 13.4. The molecule has 0 atom stereocenters. The van der Waals surface area contributed by atoms with Gasteiger partial charge in [-0.15, -0.1) is 11.3 Å². The zero-order valence-electron chi connectivity index (χ0n) is 8.20. The minimum absolute atomic E-state index is 0.331. The summed E-state index contributed by atoms with van der Waals surface area (Å²) in [6, 6.07) is 1.64. The molecule has 0 aliphatic carbocycles. The standard InChI is InChI=1S/C10H10FN3S/c1-12-4-7-6-15-10(14-7)8-2-3-13-5-9(8)11/h2-3,5-6,12H,4H2,1H3. The minimum atomic E-state index is -0.331. The Morgan fingerprint density at radius 1 is 1.53 bits per heavy atom. The SMILES string of the molecule is CNCc1csc(-c2ccncc2F)n1. The van der Waals surface area contributed by atoms with Crippen molar-refractivity contribution >= 4 is 11.3 Å². The van der Waals surface area contributed by atoms with Crippen LogP contribution in [0.15, 0.2) is 23.8 Å². The average Bonchev–Trinajstić information content (AvgIpc) is 2.68. The third-order valence-electron chi connectivity index (χ3n) is 1.91. The Labute approximate surface area is 91.0 Å². The van der Waals surface area contributed by atoms with E-state index in [2.05, 4.69) is 15.3 Å². The second-order valence-electron chi connectivity index (χ2n) is 3.03. The molecular formula is C10H10FN3S. The van der Waals surface area contributed by atoms with Crippen LogP contribution in [0.2, 0.25) is 0 Å². The summed E-state index contributed by atoms with van der Waals surface area (Å²) in [5.74, 6) is -0.331. The molecule has 2 heterocycles. The molecule has 0 saturated heterocycles.